The monoisotopic (exact) mass is 392 g/mol. The molecular formula is C20H28N2O4S. The fraction of sp³-hybridized carbons (Fsp3) is 0.650. The number of ether oxygens (including phenoxy) is 1. The van der Waals surface area contributed by atoms with Crippen molar-refractivity contribution in [3.05, 3.63) is 16.0 Å². The van der Waals surface area contributed by atoms with E-state index in [4.69, 9.17) is 4.74 Å². The second kappa shape index (κ2) is 8.42. The van der Waals surface area contributed by atoms with Gasteiger partial charge in [0, 0.05) is 16.8 Å². The van der Waals surface area contributed by atoms with Crippen LogP contribution >= 0.6 is 11.3 Å². The summed E-state index contributed by atoms with van der Waals surface area (Å²) >= 11 is 1.37. The number of anilines is 1. The number of hydrogen-bond donors (Lipinski definition) is 2. The first-order valence-corrected chi connectivity index (χ1v) is 10.6. The van der Waals surface area contributed by atoms with Gasteiger partial charge in [0.15, 0.2) is 6.61 Å². The van der Waals surface area contributed by atoms with Gasteiger partial charge in [-0.15, -0.1) is 11.3 Å². The van der Waals surface area contributed by atoms with Crippen molar-refractivity contribution in [2.75, 3.05) is 11.9 Å². The molecule has 0 radical (unpaired) electrons. The maximum atomic E-state index is 12.6. The smallest absolute Gasteiger partial charge is 0.341 e. The summed E-state index contributed by atoms with van der Waals surface area (Å²) in [5.41, 5.74) is 1.16. The van der Waals surface area contributed by atoms with E-state index in [-0.39, 0.29) is 30.4 Å². The molecule has 1 aromatic heterocycles. The minimum Gasteiger partial charge on any atom is -0.452 e. The standard InChI is InChI=1S/C20H28N2O4S/c1-11-6-4-5-7-15(11)21-16(23)10-26-20(25)17-12(2)13(3)27-19(17)22-18(24)14-8-9-14/h11,14-15H,4-10H2,1-3H3,(H,21,23)(H,22,24)/t11-,15-/m1/s1. The van der Waals surface area contributed by atoms with Crippen molar-refractivity contribution < 1.29 is 19.1 Å². The number of hydrogen-bond acceptors (Lipinski definition) is 5. The van der Waals surface area contributed by atoms with Gasteiger partial charge in [0.2, 0.25) is 5.91 Å². The second-order valence-corrected chi connectivity index (χ2v) is 8.99. The van der Waals surface area contributed by atoms with Crippen LogP contribution in [0.1, 0.15) is 66.2 Å². The third-order valence-electron chi connectivity index (χ3n) is 5.57. The molecule has 0 bridgehead atoms. The Morgan fingerprint density at radius 1 is 1.11 bits per heavy atom. The molecule has 2 saturated carbocycles. The van der Waals surface area contributed by atoms with Crippen LogP contribution in [-0.4, -0.2) is 30.4 Å². The van der Waals surface area contributed by atoms with Gasteiger partial charge in [-0.2, -0.15) is 0 Å². The molecule has 148 valence electrons. The third kappa shape index (κ3) is 4.89. The number of amides is 2. The molecular weight excluding hydrogens is 364 g/mol. The van der Waals surface area contributed by atoms with Gasteiger partial charge in [-0.25, -0.2) is 4.79 Å². The number of carbonyl (C=O) groups is 3. The van der Waals surface area contributed by atoms with E-state index in [1.807, 2.05) is 13.8 Å². The Kier molecular flexibility index (Phi) is 6.19. The Labute approximate surface area is 164 Å². The summed E-state index contributed by atoms with van der Waals surface area (Å²) in [4.78, 5) is 37.8. The normalized spacial score (nSPS) is 22.2. The Morgan fingerprint density at radius 3 is 2.48 bits per heavy atom. The molecule has 2 fully saturated rings. The summed E-state index contributed by atoms with van der Waals surface area (Å²) in [5, 5.41) is 6.36. The molecule has 6 nitrogen and oxygen atoms in total. The molecule has 2 aliphatic carbocycles. The fourth-order valence-electron chi connectivity index (χ4n) is 3.50. The predicted octanol–water partition coefficient (Wildman–Crippen LogP) is 3.57. The van der Waals surface area contributed by atoms with Crippen LogP contribution in [-0.2, 0) is 14.3 Å². The van der Waals surface area contributed by atoms with Crippen molar-refractivity contribution in [3.63, 3.8) is 0 Å². The third-order valence-corrected chi connectivity index (χ3v) is 6.69. The molecule has 2 atom stereocenters. The highest BCUT2D eigenvalue weighted by Crippen LogP contribution is 2.36. The maximum Gasteiger partial charge on any atom is 0.341 e. The van der Waals surface area contributed by atoms with E-state index in [0.717, 1.165) is 42.5 Å². The second-order valence-electron chi connectivity index (χ2n) is 7.76. The van der Waals surface area contributed by atoms with Gasteiger partial charge >= 0.3 is 5.97 Å². The van der Waals surface area contributed by atoms with E-state index in [9.17, 15) is 14.4 Å². The molecule has 0 aromatic carbocycles. The quantitative estimate of drug-likeness (QED) is 0.725. The van der Waals surface area contributed by atoms with E-state index in [1.54, 1.807) is 0 Å². The lowest BCUT2D eigenvalue weighted by Crippen LogP contribution is -2.42. The summed E-state index contributed by atoms with van der Waals surface area (Å²) in [7, 11) is 0. The van der Waals surface area contributed by atoms with Gasteiger partial charge in [-0.1, -0.05) is 19.8 Å². The summed E-state index contributed by atoms with van der Waals surface area (Å²) in [6, 6.07) is 0.156. The largest absolute Gasteiger partial charge is 0.452 e. The van der Waals surface area contributed by atoms with Crippen LogP contribution in [0.4, 0.5) is 5.00 Å². The lowest BCUT2D eigenvalue weighted by atomic mass is 9.86. The van der Waals surface area contributed by atoms with Crippen LogP contribution in [0, 0.1) is 25.7 Å². The van der Waals surface area contributed by atoms with Crippen molar-refractivity contribution in [2.45, 2.75) is 65.3 Å². The zero-order chi connectivity index (χ0) is 19.6. The van der Waals surface area contributed by atoms with Gasteiger partial charge in [0.05, 0.1) is 5.56 Å². The topological polar surface area (TPSA) is 84.5 Å². The molecule has 1 aromatic rings. The van der Waals surface area contributed by atoms with Gasteiger partial charge in [-0.05, 0) is 51.0 Å². The van der Waals surface area contributed by atoms with Crippen LogP contribution in [0.15, 0.2) is 0 Å². The van der Waals surface area contributed by atoms with Crippen LogP contribution in [0.3, 0.4) is 0 Å². The van der Waals surface area contributed by atoms with E-state index in [1.165, 1.54) is 17.8 Å². The van der Waals surface area contributed by atoms with Crippen LogP contribution in [0.25, 0.3) is 0 Å². The van der Waals surface area contributed by atoms with Crippen LogP contribution in [0.2, 0.25) is 0 Å². The zero-order valence-corrected chi connectivity index (χ0v) is 17.0. The average Bonchev–Trinajstić information content (AvgIpc) is 3.43. The summed E-state index contributed by atoms with van der Waals surface area (Å²) in [6.07, 6.45) is 6.20. The number of nitrogens with one attached hydrogen (secondary N) is 2. The van der Waals surface area contributed by atoms with Crippen molar-refractivity contribution in [1.29, 1.82) is 0 Å². The van der Waals surface area contributed by atoms with Gasteiger partial charge in [0.1, 0.15) is 5.00 Å². The number of rotatable bonds is 6. The van der Waals surface area contributed by atoms with E-state index in [0.29, 0.717) is 16.5 Å². The number of carbonyl (C=O) groups excluding carboxylic acids is 3. The lowest BCUT2D eigenvalue weighted by Gasteiger charge is -2.29. The molecule has 1 heterocycles. The van der Waals surface area contributed by atoms with Gasteiger partial charge in [-0.3, -0.25) is 9.59 Å². The van der Waals surface area contributed by atoms with E-state index >= 15 is 0 Å². The first kappa shape index (κ1) is 19.9. The number of thiophene rings is 1. The van der Waals surface area contributed by atoms with E-state index < -0.39 is 5.97 Å². The molecule has 0 unspecified atom stereocenters. The minimum absolute atomic E-state index is 0.0469. The number of aryl methyl sites for hydroxylation is 1. The Bertz CT molecular complexity index is 739. The SMILES string of the molecule is Cc1sc(NC(=O)C2CC2)c(C(=O)OCC(=O)N[C@@H]2CCCC[C@H]2C)c1C. The van der Waals surface area contributed by atoms with Crippen LogP contribution in [0.5, 0.6) is 0 Å². The molecule has 2 aliphatic rings. The molecule has 2 amide bonds. The Morgan fingerprint density at radius 2 is 1.81 bits per heavy atom. The summed E-state index contributed by atoms with van der Waals surface area (Å²) < 4.78 is 5.26. The molecule has 27 heavy (non-hydrogen) atoms. The van der Waals surface area contributed by atoms with Crippen molar-refractivity contribution >= 4 is 34.1 Å². The highest BCUT2D eigenvalue weighted by atomic mass is 32.1. The highest BCUT2D eigenvalue weighted by Gasteiger charge is 2.32. The van der Waals surface area contributed by atoms with Gasteiger partial charge in [0.25, 0.3) is 5.91 Å². The van der Waals surface area contributed by atoms with E-state index in [2.05, 4.69) is 17.6 Å². The zero-order valence-electron chi connectivity index (χ0n) is 16.2. The fourth-order valence-corrected chi connectivity index (χ4v) is 4.55. The molecule has 0 aliphatic heterocycles. The van der Waals surface area contributed by atoms with Crippen LogP contribution < -0.4 is 10.6 Å². The molecule has 2 N–H and O–H groups in total. The summed E-state index contributed by atoms with van der Waals surface area (Å²) in [5.74, 6) is -0.372. The molecule has 7 heteroatoms. The summed E-state index contributed by atoms with van der Waals surface area (Å²) in [6.45, 7) is 5.58. The van der Waals surface area contributed by atoms with Crippen molar-refractivity contribution in [3.8, 4) is 0 Å². The highest BCUT2D eigenvalue weighted by molar-refractivity contribution is 7.16. The number of esters is 1. The first-order valence-electron chi connectivity index (χ1n) is 9.74. The first-order chi connectivity index (χ1) is 12.9. The average molecular weight is 393 g/mol. The molecule has 3 rings (SSSR count). The Balaban J connectivity index is 1.58. The van der Waals surface area contributed by atoms with Crippen molar-refractivity contribution in [2.24, 2.45) is 11.8 Å². The molecule has 0 spiro atoms. The minimum atomic E-state index is -0.560. The molecule has 0 saturated heterocycles. The Hall–Kier alpha value is -1.89. The predicted molar refractivity (Wildman–Crippen MR) is 105 cm³/mol. The van der Waals surface area contributed by atoms with Gasteiger partial charge < -0.3 is 15.4 Å². The maximum absolute atomic E-state index is 12.6. The lowest BCUT2D eigenvalue weighted by molar-refractivity contribution is -0.125. The van der Waals surface area contributed by atoms with Crippen molar-refractivity contribution in [1.82, 2.24) is 5.32 Å².